The summed E-state index contributed by atoms with van der Waals surface area (Å²) < 4.78 is 6.30. The zero-order valence-electron chi connectivity index (χ0n) is 33.8. The molecule has 0 saturated carbocycles. The first-order chi connectivity index (χ1) is 30.1. The van der Waals surface area contributed by atoms with Crippen LogP contribution in [0.2, 0.25) is 0 Å². The van der Waals surface area contributed by atoms with Gasteiger partial charge in [0.05, 0.1) is 5.69 Å². The normalized spacial score (nSPS) is 11.4. The number of benzene rings is 10. The first kappa shape index (κ1) is 36.2. The van der Waals surface area contributed by atoms with E-state index in [-0.39, 0.29) is 0 Å². The minimum atomic E-state index is 0.920. The molecule has 0 radical (unpaired) electrons. The van der Waals surface area contributed by atoms with Gasteiger partial charge in [-0.1, -0.05) is 188 Å². The van der Waals surface area contributed by atoms with E-state index in [1.807, 2.05) is 12.1 Å². The molecule has 1 aromatic heterocycles. The molecule has 0 bridgehead atoms. The molecule has 2 nitrogen and oxygen atoms in total. The fourth-order valence-corrected chi connectivity index (χ4v) is 8.90. The van der Waals surface area contributed by atoms with Crippen molar-refractivity contribution in [2.45, 2.75) is 6.92 Å². The fraction of sp³-hybridized carbons (Fsp3) is 0.0169. The van der Waals surface area contributed by atoms with Gasteiger partial charge in [-0.15, -0.1) is 0 Å². The lowest BCUT2D eigenvalue weighted by Gasteiger charge is -2.27. The lowest BCUT2D eigenvalue weighted by atomic mass is 9.96. The summed E-state index contributed by atoms with van der Waals surface area (Å²) in [6.45, 7) is 2.14. The highest BCUT2D eigenvalue weighted by atomic mass is 16.3. The monoisotopic (exact) mass is 779 g/mol. The topological polar surface area (TPSA) is 16.4 Å². The first-order valence-electron chi connectivity index (χ1n) is 20.9. The fourth-order valence-electron chi connectivity index (χ4n) is 8.90. The van der Waals surface area contributed by atoms with E-state index in [9.17, 15) is 0 Å². The average molecular weight is 780 g/mol. The van der Waals surface area contributed by atoms with Gasteiger partial charge in [-0.2, -0.15) is 0 Å². The molecule has 0 N–H and O–H groups in total. The molecule has 0 aliphatic carbocycles. The summed E-state index contributed by atoms with van der Waals surface area (Å²) in [6.07, 6.45) is 0. The molecule has 0 fully saturated rings. The Hall–Kier alpha value is -7.94. The predicted molar refractivity (Wildman–Crippen MR) is 258 cm³/mol. The third-order valence-corrected chi connectivity index (χ3v) is 12.1. The lowest BCUT2D eigenvalue weighted by molar-refractivity contribution is 0.629. The Bertz CT molecular complexity index is 3330. The van der Waals surface area contributed by atoms with Gasteiger partial charge in [-0.25, -0.2) is 0 Å². The zero-order valence-corrected chi connectivity index (χ0v) is 33.8. The van der Waals surface area contributed by atoms with Crippen LogP contribution in [0.3, 0.4) is 0 Å². The van der Waals surface area contributed by atoms with Crippen molar-refractivity contribution in [3.05, 3.63) is 236 Å². The van der Waals surface area contributed by atoms with Gasteiger partial charge in [-0.05, 0) is 110 Å². The maximum Gasteiger partial charge on any atom is 0.138 e. The number of nitrogens with zero attached hydrogens (tertiary/aromatic N) is 1. The van der Waals surface area contributed by atoms with Crippen molar-refractivity contribution >= 4 is 49.6 Å². The number of para-hydroxylation sites is 1. The maximum atomic E-state index is 6.30. The molecule has 0 amide bonds. The number of hydrogen-bond donors (Lipinski definition) is 0. The Morgan fingerprint density at radius 3 is 1.39 bits per heavy atom. The molecule has 61 heavy (non-hydrogen) atoms. The summed E-state index contributed by atoms with van der Waals surface area (Å²) in [7, 11) is 0. The van der Waals surface area contributed by atoms with Crippen LogP contribution in [0.15, 0.2) is 235 Å². The highest BCUT2D eigenvalue weighted by Crippen LogP contribution is 2.41. The number of aryl methyl sites for hydroxylation is 1. The van der Waals surface area contributed by atoms with E-state index in [0.717, 1.165) is 44.9 Å². The van der Waals surface area contributed by atoms with E-state index >= 15 is 0 Å². The van der Waals surface area contributed by atoms with E-state index in [1.54, 1.807) is 0 Å². The molecule has 0 saturated heterocycles. The largest absolute Gasteiger partial charge is 0.456 e. The van der Waals surface area contributed by atoms with Gasteiger partial charge in [0.25, 0.3) is 0 Å². The molecule has 0 spiro atoms. The van der Waals surface area contributed by atoms with Crippen LogP contribution in [0, 0.1) is 6.92 Å². The summed E-state index contributed by atoms with van der Waals surface area (Å²) >= 11 is 0. The Morgan fingerprint density at radius 2 is 0.770 bits per heavy atom. The van der Waals surface area contributed by atoms with E-state index in [0.29, 0.717) is 0 Å². The van der Waals surface area contributed by atoms with Gasteiger partial charge in [-0.3, -0.25) is 0 Å². The molecule has 11 rings (SSSR count). The van der Waals surface area contributed by atoms with Crippen LogP contribution in [0.5, 0.6) is 0 Å². The van der Waals surface area contributed by atoms with Crippen LogP contribution in [-0.2, 0) is 0 Å². The van der Waals surface area contributed by atoms with Gasteiger partial charge in [0, 0.05) is 33.3 Å². The second kappa shape index (κ2) is 15.3. The number of rotatable bonds is 8. The third-order valence-electron chi connectivity index (χ3n) is 12.1. The molecule has 11 aromatic rings. The van der Waals surface area contributed by atoms with Crippen molar-refractivity contribution in [1.29, 1.82) is 0 Å². The summed E-state index contributed by atoms with van der Waals surface area (Å²) in [6, 6.07) is 82.9. The van der Waals surface area contributed by atoms with E-state index < -0.39 is 0 Å². The highest BCUT2D eigenvalue weighted by Gasteiger charge is 2.17. The molecule has 0 aliphatic rings. The second-order valence-corrected chi connectivity index (χ2v) is 15.7. The first-order valence-corrected chi connectivity index (χ1v) is 20.9. The number of anilines is 3. The van der Waals surface area contributed by atoms with Gasteiger partial charge in [0.1, 0.15) is 11.3 Å². The second-order valence-electron chi connectivity index (χ2n) is 15.7. The molecule has 1 heterocycles. The van der Waals surface area contributed by atoms with Crippen molar-refractivity contribution in [3.63, 3.8) is 0 Å². The minimum Gasteiger partial charge on any atom is -0.456 e. The van der Waals surface area contributed by atoms with Crippen LogP contribution in [-0.4, -0.2) is 0 Å². The Balaban J connectivity index is 0.885. The maximum absolute atomic E-state index is 6.30. The molecule has 0 unspecified atom stereocenters. The SMILES string of the molecule is Cc1c(-c2cccc(-c3ccc(-c4ccc(N(c5ccc(-c6ccc(-c7cccc8ccccc78)cc6)cc5)c5cccc6ccccc56)cc4)cc3)c2)oc2ccccc12. The van der Waals surface area contributed by atoms with Crippen molar-refractivity contribution in [2.24, 2.45) is 0 Å². The van der Waals surface area contributed by atoms with Crippen molar-refractivity contribution in [3.8, 4) is 55.8 Å². The zero-order chi connectivity index (χ0) is 40.7. The van der Waals surface area contributed by atoms with Crippen LogP contribution in [0.1, 0.15) is 5.56 Å². The van der Waals surface area contributed by atoms with Crippen molar-refractivity contribution < 1.29 is 4.42 Å². The van der Waals surface area contributed by atoms with E-state index in [1.165, 1.54) is 66.1 Å². The number of furan rings is 1. The predicted octanol–water partition coefficient (Wildman–Crippen LogP) is 16.9. The molecule has 0 aliphatic heterocycles. The number of hydrogen-bond acceptors (Lipinski definition) is 2. The smallest absolute Gasteiger partial charge is 0.138 e. The van der Waals surface area contributed by atoms with Gasteiger partial charge >= 0.3 is 0 Å². The van der Waals surface area contributed by atoms with Crippen LogP contribution in [0.4, 0.5) is 17.1 Å². The summed E-state index contributed by atoms with van der Waals surface area (Å²) in [5.41, 5.74) is 16.0. The highest BCUT2D eigenvalue weighted by molar-refractivity contribution is 6.00. The Kier molecular flexibility index (Phi) is 9.09. The molecular weight excluding hydrogens is 739 g/mol. The van der Waals surface area contributed by atoms with E-state index in [4.69, 9.17) is 4.42 Å². The Morgan fingerprint density at radius 1 is 0.328 bits per heavy atom. The third kappa shape index (κ3) is 6.75. The van der Waals surface area contributed by atoms with E-state index in [2.05, 4.69) is 230 Å². The van der Waals surface area contributed by atoms with Crippen molar-refractivity contribution in [2.75, 3.05) is 4.90 Å². The summed E-state index contributed by atoms with van der Waals surface area (Å²) in [5.74, 6) is 0.927. The number of fused-ring (bicyclic) bond motifs is 3. The van der Waals surface area contributed by atoms with Crippen LogP contribution in [0.25, 0.3) is 88.3 Å². The standard InChI is InChI=1S/C59H41NO/c1-40-53-17-6-7-22-58(53)61-59(40)50-16-8-15-49(39-50)45-25-23-41(24-26-45)43-31-35-51(36-32-43)60(57-21-10-14-47-12-3-5-19-56(47)57)52-37-33-44(34-38-52)42-27-29-48(30-28-42)55-20-9-13-46-11-2-4-18-54(46)55/h2-39H,1H3. The molecule has 288 valence electrons. The quantitative estimate of drug-likeness (QED) is 0.153. The van der Waals surface area contributed by atoms with Gasteiger partial charge in [0.15, 0.2) is 0 Å². The van der Waals surface area contributed by atoms with Gasteiger partial charge < -0.3 is 9.32 Å². The van der Waals surface area contributed by atoms with Crippen molar-refractivity contribution in [1.82, 2.24) is 0 Å². The average Bonchev–Trinajstić information content (AvgIpc) is 3.68. The molecule has 2 heteroatoms. The molecule has 10 aromatic carbocycles. The van der Waals surface area contributed by atoms with Crippen LogP contribution >= 0.6 is 0 Å². The molecular formula is C59H41NO. The van der Waals surface area contributed by atoms with Gasteiger partial charge in [0.2, 0.25) is 0 Å². The minimum absolute atomic E-state index is 0.920. The summed E-state index contributed by atoms with van der Waals surface area (Å²) in [5, 5.41) is 6.11. The van der Waals surface area contributed by atoms with Crippen LogP contribution < -0.4 is 4.90 Å². The summed E-state index contributed by atoms with van der Waals surface area (Å²) in [4.78, 5) is 2.37. The Labute approximate surface area is 356 Å². The molecule has 0 atom stereocenters. The lowest BCUT2D eigenvalue weighted by Crippen LogP contribution is -2.10.